The summed E-state index contributed by atoms with van der Waals surface area (Å²) in [7, 11) is 0. The van der Waals surface area contributed by atoms with E-state index in [0.29, 0.717) is 17.5 Å². The number of nitrogens with zero attached hydrogens (tertiary/aromatic N) is 4. The van der Waals surface area contributed by atoms with Crippen molar-refractivity contribution in [1.29, 1.82) is 0 Å². The lowest BCUT2D eigenvalue weighted by Gasteiger charge is -2.27. The molecule has 0 aliphatic carbocycles. The lowest BCUT2D eigenvalue weighted by molar-refractivity contribution is 1.07. The van der Waals surface area contributed by atoms with Crippen molar-refractivity contribution in [2.24, 2.45) is 0 Å². The molecule has 0 aliphatic heterocycles. The van der Waals surface area contributed by atoms with Crippen molar-refractivity contribution in [2.45, 2.75) is 0 Å². The van der Waals surface area contributed by atoms with Crippen LogP contribution in [0.3, 0.4) is 0 Å². The van der Waals surface area contributed by atoms with Gasteiger partial charge in [0.1, 0.15) is 0 Å². The summed E-state index contributed by atoms with van der Waals surface area (Å²) < 4.78 is 0. The first-order chi connectivity index (χ1) is 23.3. The van der Waals surface area contributed by atoms with E-state index in [1.165, 1.54) is 10.9 Å². The van der Waals surface area contributed by atoms with Gasteiger partial charge in [-0.15, -0.1) is 0 Å². The average Bonchev–Trinajstić information content (AvgIpc) is 3.16. The first-order valence-corrected chi connectivity index (χ1v) is 15.7. The molecule has 7 aromatic carbocycles. The third kappa shape index (κ3) is 5.76. The summed E-state index contributed by atoms with van der Waals surface area (Å²) in [5, 5.41) is 2.31. The summed E-state index contributed by atoms with van der Waals surface area (Å²) in [4.78, 5) is 17.6. The number of benzene rings is 7. The molecule has 0 saturated heterocycles. The lowest BCUT2D eigenvalue weighted by Crippen LogP contribution is -2.12. The number of anilines is 3. The number of rotatable bonds is 7. The molecule has 0 fully saturated rings. The second kappa shape index (κ2) is 12.5. The van der Waals surface area contributed by atoms with Gasteiger partial charge in [0.15, 0.2) is 17.5 Å². The standard InChI is InChI=1S/C43H30N4/c1-4-14-31(15-5-1)33-24-27-34(28-25-33)41-44-42(36-29-26-32-16-10-11-17-35(32)30-36)46-43(45-41)39-22-12-13-23-40(39)47(37-18-6-2-7-19-37)38-20-8-3-9-21-38/h1-30H. The summed E-state index contributed by atoms with van der Waals surface area (Å²) in [6.45, 7) is 0. The summed E-state index contributed by atoms with van der Waals surface area (Å²) in [6.07, 6.45) is 0. The van der Waals surface area contributed by atoms with Crippen molar-refractivity contribution in [3.8, 4) is 45.3 Å². The third-order valence-electron chi connectivity index (χ3n) is 8.31. The van der Waals surface area contributed by atoms with E-state index >= 15 is 0 Å². The molecule has 0 saturated carbocycles. The van der Waals surface area contributed by atoms with Crippen molar-refractivity contribution in [3.05, 3.63) is 182 Å². The molecule has 0 unspecified atom stereocenters. The van der Waals surface area contributed by atoms with Gasteiger partial charge in [-0.1, -0.05) is 140 Å². The van der Waals surface area contributed by atoms with E-state index in [9.17, 15) is 0 Å². The van der Waals surface area contributed by atoms with Crippen LogP contribution in [0.1, 0.15) is 0 Å². The Labute approximate surface area is 274 Å². The topological polar surface area (TPSA) is 41.9 Å². The highest BCUT2D eigenvalue weighted by atomic mass is 15.1. The van der Waals surface area contributed by atoms with E-state index in [-0.39, 0.29) is 0 Å². The predicted octanol–water partition coefficient (Wildman–Crippen LogP) is 11.2. The van der Waals surface area contributed by atoms with E-state index in [4.69, 9.17) is 15.0 Å². The number of hydrogen-bond acceptors (Lipinski definition) is 4. The predicted molar refractivity (Wildman–Crippen MR) is 194 cm³/mol. The smallest absolute Gasteiger partial charge is 0.166 e. The van der Waals surface area contributed by atoms with Crippen LogP contribution in [-0.2, 0) is 0 Å². The molecule has 47 heavy (non-hydrogen) atoms. The van der Waals surface area contributed by atoms with Crippen molar-refractivity contribution in [3.63, 3.8) is 0 Å². The van der Waals surface area contributed by atoms with Gasteiger partial charge in [-0.2, -0.15) is 0 Å². The van der Waals surface area contributed by atoms with Gasteiger partial charge in [-0.25, -0.2) is 15.0 Å². The molecule has 0 bridgehead atoms. The normalized spacial score (nSPS) is 11.0. The van der Waals surface area contributed by atoms with Crippen LogP contribution in [0.15, 0.2) is 182 Å². The number of fused-ring (bicyclic) bond motifs is 1. The largest absolute Gasteiger partial charge is 0.310 e. The zero-order valence-corrected chi connectivity index (χ0v) is 25.6. The monoisotopic (exact) mass is 602 g/mol. The minimum absolute atomic E-state index is 0.609. The van der Waals surface area contributed by atoms with Gasteiger partial charge in [0.25, 0.3) is 0 Å². The number of aromatic nitrogens is 3. The summed E-state index contributed by atoms with van der Waals surface area (Å²) in [5.74, 6) is 1.86. The van der Waals surface area contributed by atoms with Gasteiger partial charge >= 0.3 is 0 Å². The van der Waals surface area contributed by atoms with Crippen molar-refractivity contribution < 1.29 is 0 Å². The van der Waals surface area contributed by atoms with Crippen LogP contribution in [0.4, 0.5) is 17.1 Å². The Morgan fingerprint density at radius 1 is 0.319 bits per heavy atom. The zero-order chi connectivity index (χ0) is 31.4. The van der Waals surface area contributed by atoms with Gasteiger partial charge in [0.05, 0.1) is 5.69 Å². The van der Waals surface area contributed by atoms with Gasteiger partial charge in [-0.05, 0) is 64.4 Å². The SMILES string of the molecule is c1ccc(-c2ccc(-c3nc(-c4ccc5ccccc5c4)nc(-c4ccccc4N(c4ccccc4)c4ccccc4)n3)cc2)cc1. The van der Waals surface area contributed by atoms with E-state index in [0.717, 1.165) is 44.7 Å². The molecule has 4 nitrogen and oxygen atoms in total. The highest BCUT2D eigenvalue weighted by molar-refractivity contribution is 5.88. The van der Waals surface area contributed by atoms with Gasteiger partial charge in [-0.3, -0.25) is 0 Å². The molecular weight excluding hydrogens is 573 g/mol. The minimum Gasteiger partial charge on any atom is -0.310 e. The van der Waals surface area contributed by atoms with Crippen molar-refractivity contribution >= 4 is 27.8 Å². The van der Waals surface area contributed by atoms with Crippen LogP contribution in [-0.4, -0.2) is 15.0 Å². The molecule has 0 radical (unpaired) electrons. The summed E-state index contributed by atoms with van der Waals surface area (Å²) >= 11 is 0. The highest BCUT2D eigenvalue weighted by Gasteiger charge is 2.20. The fraction of sp³-hybridized carbons (Fsp3) is 0. The quantitative estimate of drug-likeness (QED) is 0.182. The Morgan fingerprint density at radius 3 is 1.47 bits per heavy atom. The molecule has 0 N–H and O–H groups in total. The molecule has 0 spiro atoms. The Kier molecular flexibility index (Phi) is 7.50. The van der Waals surface area contributed by atoms with Crippen LogP contribution in [0.25, 0.3) is 56.1 Å². The number of hydrogen-bond donors (Lipinski definition) is 0. The second-order valence-electron chi connectivity index (χ2n) is 11.3. The second-order valence-corrected chi connectivity index (χ2v) is 11.3. The van der Waals surface area contributed by atoms with Crippen molar-refractivity contribution in [1.82, 2.24) is 15.0 Å². The highest BCUT2D eigenvalue weighted by Crippen LogP contribution is 2.40. The van der Waals surface area contributed by atoms with Gasteiger partial charge in [0.2, 0.25) is 0 Å². The Morgan fingerprint density at radius 2 is 0.787 bits per heavy atom. The number of para-hydroxylation sites is 3. The Bertz CT molecular complexity index is 2240. The van der Waals surface area contributed by atoms with Crippen LogP contribution < -0.4 is 4.90 Å². The maximum absolute atomic E-state index is 5.15. The molecule has 1 aromatic heterocycles. The molecule has 8 rings (SSSR count). The van der Waals surface area contributed by atoms with E-state index in [1.54, 1.807) is 0 Å². The van der Waals surface area contributed by atoms with Gasteiger partial charge < -0.3 is 4.90 Å². The third-order valence-corrected chi connectivity index (χ3v) is 8.31. The molecule has 4 heteroatoms. The fourth-order valence-electron chi connectivity index (χ4n) is 5.96. The molecule has 8 aromatic rings. The zero-order valence-electron chi connectivity index (χ0n) is 25.6. The average molecular weight is 603 g/mol. The summed E-state index contributed by atoms with van der Waals surface area (Å²) in [5.41, 5.74) is 8.16. The van der Waals surface area contributed by atoms with Crippen molar-refractivity contribution in [2.75, 3.05) is 4.90 Å². The first kappa shape index (κ1) is 28.1. The Balaban J connectivity index is 1.31. The van der Waals surface area contributed by atoms with Crippen LogP contribution in [0.5, 0.6) is 0 Å². The maximum atomic E-state index is 5.15. The molecule has 0 amide bonds. The van der Waals surface area contributed by atoms with E-state index in [1.807, 2.05) is 24.3 Å². The van der Waals surface area contributed by atoms with Gasteiger partial charge in [0, 0.05) is 28.1 Å². The maximum Gasteiger partial charge on any atom is 0.166 e. The molecular formula is C43H30N4. The molecule has 222 valence electrons. The lowest BCUT2D eigenvalue weighted by atomic mass is 10.0. The van der Waals surface area contributed by atoms with Crippen LogP contribution in [0.2, 0.25) is 0 Å². The minimum atomic E-state index is 0.609. The Hall–Kier alpha value is -6.39. The van der Waals surface area contributed by atoms with E-state index < -0.39 is 0 Å². The molecule has 0 atom stereocenters. The van der Waals surface area contributed by atoms with E-state index in [2.05, 4.69) is 163 Å². The van der Waals surface area contributed by atoms with Crippen LogP contribution in [0, 0.1) is 0 Å². The fourth-order valence-corrected chi connectivity index (χ4v) is 5.96. The molecule has 0 aliphatic rings. The molecule has 1 heterocycles. The van der Waals surface area contributed by atoms with Crippen LogP contribution >= 0.6 is 0 Å². The first-order valence-electron chi connectivity index (χ1n) is 15.7. The summed E-state index contributed by atoms with van der Waals surface area (Å²) in [6, 6.07) is 62.7.